The Kier molecular flexibility index (Phi) is 10.6. The number of aliphatic hydroxyl groups is 1. The zero-order valence-corrected chi connectivity index (χ0v) is 18.3. The minimum Gasteiger partial charge on any atom is -0.458 e. The number of carbonyl (C=O) groups excluding carboxylic acids is 2. The molecular weight excluding hydrogens is 384 g/mol. The molecule has 0 aromatic heterocycles. The molecular formula is C24H38O6. The molecule has 170 valence electrons. The zero-order valence-electron chi connectivity index (χ0n) is 18.3. The molecule has 2 atom stereocenters. The quantitative estimate of drug-likeness (QED) is 0.401. The average molecular weight is 423 g/mol. The summed E-state index contributed by atoms with van der Waals surface area (Å²) in [5, 5.41) is 10.1. The Morgan fingerprint density at radius 2 is 1.50 bits per heavy atom. The number of rotatable bonds is 11. The molecule has 0 aromatic carbocycles. The van der Waals surface area contributed by atoms with Gasteiger partial charge in [0, 0.05) is 12.2 Å². The largest absolute Gasteiger partial charge is 0.458 e. The Hall–Kier alpha value is -1.66. The maximum atomic E-state index is 11.5. The van der Waals surface area contributed by atoms with Crippen LogP contribution >= 0.6 is 0 Å². The number of ether oxygens (including phenoxy) is 3. The van der Waals surface area contributed by atoms with Gasteiger partial charge in [0.25, 0.3) is 0 Å². The van der Waals surface area contributed by atoms with Gasteiger partial charge in [-0.15, -0.1) is 0 Å². The highest BCUT2D eigenvalue weighted by atomic mass is 16.6. The summed E-state index contributed by atoms with van der Waals surface area (Å²) in [5.41, 5.74) is 0. The lowest BCUT2D eigenvalue weighted by atomic mass is 9.69. The van der Waals surface area contributed by atoms with E-state index in [4.69, 9.17) is 14.2 Å². The van der Waals surface area contributed by atoms with Gasteiger partial charge in [-0.05, 0) is 75.5 Å². The van der Waals surface area contributed by atoms with Crippen molar-refractivity contribution in [3.05, 3.63) is 25.3 Å². The van der Waals surface area contributed by atoms with Crippen LogP contribution in [0.15, 0.2) is 25.3 Å². The molecule has 0 saturated heterocycles. The lowest BCUT2D eigenvalue weighted by Gasteiger charge is -2.38. The van der Waals surface area contributed by atoms with Crippen LogP contribution in [0.25, 0.3) is 0 Å². The van der Waals surface area contributed by atoms with E-state index in [9.17, 15) is 14.7 Å². The lowest BCUT2D eigenvalue weighted by Crippen LogP contribution is -2.34. The maximum absolute atomic E-state index is 11.5. The van der Waals surface area contributed by atoms with Crippen molar-refractivity contribution in [2.75, 3.05) is 13.2 Å². The molecule has 30 heavy (non-hydrogen) atoms. The van der Waals surface area contributed by atoms with Gasteiger partial charge in [-0.1, -0.05) is 20.1 Å². The molecule has 6 nitrogen and oxygen atoms in total. The second kappa shape index (κ2) is 12.9. The van der Waals surface area contributed by atoms with Crippen molar-refractivity contribution < 1.29 is 28.9 Å². The van der Waals surface area contributed by atoms with Crippen LogP contribution in [0.2, 0.25) is 0 Å². The smallest absolute Gasteiger partial charge is 0.330 e. The van der Waals surface area contributed by atoms with Gasteiger partial charge in [-0.3, -0.25) is 0 Å². The first-order valence-corrected chi connectivity index (χ1v) is 11.4. The summed E-state index contributed by atoms with van der Waals surface area (Å²) in [6.45, 7) is 8.94. The van der Waals surface area contributed by atoms with Gasteiger partial charge in [0.2, 0.25) is 0 Å². The fourth-order valence-corrected chi connectivity index (χ4v) is 4.87. The highest BCUT2D eigenvalue weighted by Crippen LogP contribution is 2.41. The molecule has 0 spiro atoms. The molecule has 2 rings (SSSR count). The minimum absolute atomic E-state index is 0.0629. The number of esters is 2. The van der Waals surface area contributed by atoms with Crippen molar-refractivity contribution in [3.8, 4) is 0 Å². The third-order valence-electron chi connectivity index (χ3n) is 6.71. The summed E-state index contributed by atoms with van der Waals surface area (Å²) in [7, 11) is 0. The highest BCUT2D eigenvalue weighted by molar-refractivity contribution is 5.82. The molecule has 0 aliphatic heterocycles. The van der Waals surface area contributed by atoms with Crippen LogP contribution in [0.4, 0.5) is 0 Å². The van der Waals surface area contributed by atoms with Crippen molar-refractivity contribution >= 4 is 11.9 Å². The summed E-state index contributed by atoms with van der Waals surface area (Å²) < 4.78 is 16.2. The Morgan fingerprint density at radius 1 is 0.933 bits per heavy atom. The molecule has 2 saturated carbocycles. The summed E-state index contributed by atoms with van der Waals surface area (Å²) >= 11 is 0. The standard InChI is InChI=1S/C24H38O6/c1-4-22(25)19-9-7-17(8-10-19)18-11-13-20(14-12-18)28-15-21(30-24(27)6-3)16-29-23(26)5-2/h5-6,17-22,25H,2-4,7-16H2,1H3. The number of carbonyl (C=O) groups is 2. The van der Waals surface area contributed by atoms with E-state index in [0.717, 1.165) is 68.9 Å². The number of hydrogen-bond acceptors (Lipinski definition) is 6. The van der Waals surface area contributed by atoms with E-state index >= 15 is 0 Å². The number of hydrogen-bond donors (Lipinski definition) is 1. The van der Waals surface area contributed by atoms with E-state index in [1.165, 1.54) is 12.8 Å². The fraction of sp³-hybridized carbons (Fsp3) is 0.750. The molecule has 2 unspecified atom stereocenters. The minimum atomic E-state index is -0.655. The van der Waals surface area contributed by atoms with E-state index in [1.54, 1.807) is 0 Å². The van der Waals surface area contributed by atoms with Crippen LogP contribution in [0, 0.1) is 17.8 Å². The van der Waals surface area contributed by atoms with Gasteiger partial charge in [0.1, 0.15) is 6.61 Å². The van der Waals surface area contributed by atoms with Crippen molar-refractivity contribution in [2.45, 2.75) is 83.0 Å². The molecule has 2 aliphatic carbocycles. The van der Waals surface area contributed by atoms with Crippen LogP contribution in [0.3, 0.4) is 0 Å². The molecule has 1 N–H and O–H groups in total. The molecule has 0 bridgehead atoms. The Bertz CT molecular complexity index is 558. The maximum Gasteiger partial charge on any atom is 0.330 e. The first kappa shape index (κ1) is 24.6. The summed E-state index contributed by atoms with van der Waals surface area (Å²) in [5.74, 6) is 0.872. The molecule has 0 aromatic rings. The molecule has 0 heterocycles. The van der Waals surface area contributed by atoms with Gasteiger partial charge in [0.05, 0.1) is 18.8 Å². The third kappa shape index (κ3) is 7.88. The molecule has 2 fully saturated rings. The van der Waals surface area contributed by atoms with Crippen LogP contribution in [-0.2, 0) is 23.8 Å². The second-order valence-corrected chi connectivity index (χ2v) is 8.62. The Morgan fingerprint density at radius 3 is 2.03 bits per heavy atom. The van der Waals surface area contributed by atoms with Gasteiger partial charge >= 0.3 is 11.9 Å². The number of aliphatic hydroxyl groups excluding tert-OH is 1. The Balaban J connectivity index is 1.72. The molecule has 6 heteroatoms. The van der Waals surface area contributed by atoms with E-state index in [-0.39, 0.29) is 25.4 Å². The van der Waals surface area contributed by atoms with Crippen molar-refractivity contribution in [1.82, 2.24) is 0 Å². The van der Waals surface area contributed by atoms with Gasteiger partial charge < -0.3 is 19.3 Å². The lowest BCUT2D eigenvalue weighted by molar-refractivity contribution is -0.158. The van der Waals surface area contributed by atoms with Gasteiger partial charge in [0.15, 0.2) is 6.10 Å². The third-order valence-corrected chi connectivity index (χ3v) is 6.71. The summed E-state index contributed by atoms with van der Waals surface area (Å²) in [6.07, 6.45) is 11.4. The van der Waals surface area contributed by atoms with Crippen LogP contribution < -0.4 is 0 Å². The molecule has 0 radical (unpaired) electrons. The first-order valence-electron chi connectivity index (χ1n) is 11.4. The van der Waals surface area contributed by atoms with Crippen LogP contribution in [-0.4, -0.2) is 48.6 Å². The second-order valence-electron chi connectivity index (χ2n) is 8.62. The van der Waals surface area contributed by atoms with Crippen molar-refractivity contribution in [3.63, 3.8) is 0 Å². The SMILES string of the molecule is C=CC(=O)OCC(COC1CCC(C2CCC(C(O)CC)CC2)CC1)OC(=O)C=C. The fourth-order valence-electron chi connectivity index (χ4n) is 4.87. The van der Waals surface area contributed by atoms with Crippen LogP contribution in [0.5, 0.6) is 0 Å². The van der Waals surface area contributed by atoms with E-state index in [1.807, 2.05) is 0 Å². The van der Waals surface area contributed by atoms with E-state index in [0.29, 0.717) is 5.92 Å². The van der Waals surface area contributed by atoms with Gasteiger partial charge in [-0.25, -0.2) is 9.59 Å². The van der Waals surface area contributed by atoms with Crippen LogP contribution in [0.1, 0.15) is 64.7 Å². The summed E-state index contributed by atoms with van der Waals surface area (Å²) in [4.78, 5) is 22.8. The van der Waals surface area contributed by atoms with Crippen molar-refractivity contribution in [2.24, 2.45) is 17.8 Å². The topological polar surface area (TPSA) is 82.1 Å². The summed E-state index contributed by atoms with van der Waals surface area (Å²) in [6, 6.07) is 0. The first-order chi connectivity index (χ1) is 14.5. The normalized spacial score (nSPS) is 28.7. The monoisotopic (exact) mass is 422 g/mol. The molecule has 0 amide bonds. The highest BCUT2D eigenvalue weighted by Gasteiger charge is 2.33. The average Bonchev–Trinajstić information content (AvgIpc) is 2.80. The van der Waals surface area contributed by atoms with E-state index in [2.05, 4.69) is 20.1 Å². The van der Waals surface area contributed by atoms with Crippen molar-refractivity contribution in [1.29, 1.82) is 0 Å². The van der Waals surface area contributed by atoms with E-state index < -0.39 is 18.0 Å². The predicted octanol–water partition coefficient (Wildman–Crippen LogP) is 3.97. The predicted molar refractivity (Wildman–Crippen MR) is 115 cm³/mol. The van der Waals surface area contributed by atoms with Gasteiger partial charge in [-0.2, -0.15) is 0 Å². The molecule has 2 aliphatic rings. The zero-order chi connectivity index (χ0) is 21.9. The Labute approximate surface area is 180 Å².